The minimum absolute atomic E-state index is 0.0416. The fourth-order valence-electron chi connectivity index (χ4n) is 7.44. The zero-order valence-electron chi connectivity index (χ0n) is 36.2. The summed E-state index contributed by atoms with van der Waals surface area (Å²) in [5.41, 5.74) is 0. The van der Waals surface area contributed by atoms with Crippen molar-refractivity contribution in [1.82, 2.24) is 0 Å². The van der Waals surface area contributed by atoms with E-state index in [4.69, 9.17) is 23.5 Å². The minimum Gasteiger partial charge on any atom is -0.457 e. The van der Waals surface area contributed by atoms with Crippen LogP contribution >= 0.6 is 0 Å². The fraction of sp³-hybridized carbons (Fsp3) is 0.977. The first-order chi connectivity index (χ1) is 27.6. The van der Waals surface area contributed by atoms with Crippen molar-refractivity contribution >= 4 is 16.4 Å². The summed E-state index contributed by atoms with van der Waals surface area (Å²) in [5.74, 6) is -0.396. The highest BCUT2D eigenvalue weighted by Crippen LogP contribution is 2.26. The molecule has 1 heterocycles. The Morgan fingerprint density at radius 2 is 1.00 bits per heavy atom. The molecule has 0 radical (unpaired) electrons. The molecular formula is C44H86O12S. The van der Waals surface area contributed by atoms with E-state index in [1.807, 2.05) is 0 Å². The van der Waals surface area contributed by atoms with Gasteiger partial charge in [0.1, 0.15) is 30.5 Å². The topological polar surface area (TPSA) is 178 Å². The summed E-state index contributed by atoms with van der Waals surface area (Å²) in [5, 5.41) is 30.5. The zero-order chi connectivity index (χ0) is 41.8. The van der Waals surface area contributed by atoms with Crippen molar-refractivity contribution in [3.05, 3.63) is 0 Å². The molecule has 0 amide bonds. The van der Waals surface area contributed by atoms with Crippen molar-refractivity contribution in [2.75, 3.05) is 26.4 Å². The molecule has 0 aliphatic carbocycles. The Bertz CT molecular complexity index is 1020. The second-order valence-corrected chi connectivity index (χ2v) is 17.4. The smallest absolute Gasteiger partial charge is 0.397 e. The van der Waals surface area contributed by atoms with E-state index in [0.29, 0.717) is 13.0 Å². The molecule has 0 saturated carbocycles. The normalized spacial score (nSPS) is 20.6. The third-order valence-corrected chi connectivity index (χ3v) is 11.4. The SMILES string of the molecule is CCCCCCCCCCCCCCCCCCCCCCCCCCC(=O)OC(COCCCCCCCC)COC1OC(CO)C(O)C(OS(=O)(=O)O)C1O. The average Bonchev–Trinajstić information content (AvgIpc) is 3.18. The Morgan fingerprint density at radius 1 is 0.596 bits per heavy atom. The molecule has 6 atom stereocenters. The van der Waals surface area contributed by atoms with Crippen molar-refractivity contribution in [3.8, 4) is 0 Å². The van der Waals surface area contributed by atoms with Gasteiger partial charge in [0.25, 0.3) is 0 Å². The number of esters is 1. The minimum atomic E-state index is -5.05. The molecule has 6 unspecified atom stereocenters. The maximum atomic E-state index is 12.8. The van der Waals surface area contributed by atoms with Crippen LogP contribution in [0.15, 0.2) is 0 Å². The van der Waals surface area contributed by atoms with Crippen LogP contribution in [0.3, 0.4) is 0 Å². The third kappa shape index (κ3) is 30.7. The highest BCUT2D eigenvalue weighted by Gasteiger charge is 2.48. The van der Waals surface area contributed by atoms with E-state index in [9.17, 15) is 28.5 Å². The molecule has 0 aromatic carbocycles. The van der Waals surface area contributed by atoms with E-state index in [-0.39, 0.29) is 19.6 Å². The Balaban J connectivity index is 2.22. The first kappa shape index (κ1) is 54.1. The van der Waals surface area contributed by atoms with Crippen LogP contribution in [0.1, 0.15) is 213 Å². The monoisotopic (exact) mass is 839 g/mol. The number of unbranched alkanes of at least 4 members (excludes halogenated alkanes) is 28. The Morgan fingerprint density at radius 3 is 1.40 bits per heavy atom. The molecule has 57 heavy (non-hydrogen) atoms. The summed E-state index contributed by atoms with van der Waals surface area (Å²) in [7, 11) is -5.05. The molecule has 13 heteroatoms. The van der Waals surface area contributed by atoms with E-state index >= 15 is 0 Å². The predicted molar refractivity (Wildman–Crippen MR) is 225 cm³/mol. The van der Waals surface area contributed by atoms with Gasteiger partial charge in [0.2, 0.25) is 0 Å². The first-order valence-corrected chi connectivity index (χ1v) is 24.7. The summed E-state index contributed by atoms with van der Waals surface area (Å²) in [4.78, 5) is 12.8. The molecule has 0 spiro atoms. The Kier molecular flexibility index (Phi) is 35.0. The molecule has 1 saturated heterocycles. The van der Waals surface area contributed by atoms with E-state index in [1.165, 1.54) is 148 Å². The predicted octanol–water partition coefficient (Wildman–Crippen LogP) is 9.69. The van der Waals surface area contributed by atoms with Crippen molar-refractivity contribution < 1.29 is 56.2 Å². The lowest BCUT2D eigenvalue weighted by molar-refractivity contribution is -0.301. The number of hydrogen-bond acceptors (Lipinski definition) is 11. The maximum Gasteiger partial charge on any atom is 0.397 e. The number of aliphatic hydroxyl groups excluding tert-OH is 3. The van der Waals surface area contributed by atoms with Gasteiger partial charge in [0.05, 0.1) is 19.8 Å². The highest BCUT2D eigenvalue weighted by atomic mass is 32.3. The van der Waals surface area contributed by atoms with Gasteiger partial charge in [0.15, 0.2) is 6.29 Å². The molecule has 12 nitrogen and oxygen atoms in total. The van der Waals surface area contributed by atoms with Crippen LogP contribution in [-0.4, -0.2) is 97.5 Å². The number of hydrogen-bond donors (Lipinski definition) is 4. The van der Waals surface area contributed by atoms with Crippen molar-refractivity contribution in [3.63, 3.8) is 0 Å². The molecule has 0 bridgehead atoms. The lowest BCUT2D eigenvalue weighted by Crippen LogP contribution is -2.60. The van der Waals surface area contributed by atoms with Crippen LogP contribution in [0.25, 0.3) is 0 Å². The standard InChI is InChI=1S/C44H86O12S/c1-3-5-7-9-11-12-13-14-15-16-17-18-19-20-21-22-23-24-25-26-27-28-29-31-33-40(46)54-38(36-52-34-32-30-10-8-6-4-2)37-53-44-42(48)43(56-57(49,50)51)41(47)39(35-45)55-44/h38-39,41-45,47-48H,3-37H2,1-2H3,(H,49,50,51). The molecule has 1 aliphatic heterocycles. The second kappa shape index (κ2) is 36.9. The van der Waals surface area contributed by atoms with Gasteiger partial charge in [-0.1, -0.05) is 194 Å². The first-order valence-electron chi connectivity index (χ1n) is 23.3. The number of rotatable bonds is 41. The fourth-order valence-corrected chi connectivity index (χ4v) is 7.95. The molecule has 0 aromatic rings. The van der Waals surface area contributed by atoms with E-state index in [2.05, 4.69) is 18.0 Å². The quantitative estimate of drug-likeness (QED) is 0.0261. The molecule has 1 rings (SSSR count). The number of carbonyl (C=O) groups is 1. The molecular weight excluding hydrogens is 753 g/mol. The van der Waals surface area contributed by atoms with Gasteiger partial charge in [-0.25, -0.2) is 4.18 Å². The molecule has 1 aliphatic rings. The van der Waals surface area contributed by atoms with Gasteiger partial charge >= 0.3 is 16.4 Å². The summed E-state index contributed by atoms with van der Waals surface area (Å²) < 4.78 is 58.7. The maximum absolute atomic E-state index is 12.8. The van der Waals surface area contributed by atoms with Crippen LogP contribution in [0.4, 0.5) is 0 Å². The van der Waals surface area contributed by atoms with E-state index < -0.39 is 59.8 Å². The molecule has 1 fully saturated rings. The van der Waals surface area contributed by atoms with Crippen molar-refractivity contribution in [2.45, 2.75) is 250 Å². The van der Waals surface area contributed by atoms with Gasteiger partial charge in [-0.2, -0.15) is 8.42 Å². The van der Waals surface area contributed by atoms with Crippen LogP contribution in [-0.2, 0) is 38.3 Å². The van der Waals surface area contributed by atoms with Crippen LogP contribution in [0, 0.1) is 0 Å². The van der Waals surface area contributed by atoms with Gasteiger partial charge in [-0.3, -0.25) is 9.35 Å². The van der Waals surface area contributed by atoms with E-state index in [1.54, 1.807) is 0 Å². The van der Waals surface area contributed by atoms with Gasteiger partial charge < -0.3 is 34.3 Å². The average molecular weight is 839 g/mol. The van der Waals surface area contributed by atoms with Crippen LogP contribution < -0.4 is 0 Å². The van der Waals surface area contributed by atoms with Crippen LogP contribution in [0.2, 0.25) is 0 Å². The second-order valence-electron chi connectivity index (χ2n) is 16.4. The third-order valence-electron chi connectivity index (χ3n) is 11.0. The number of aliphatic hydroxyl groups is 3. The summed E-state index contributed by atoms with van der Waals surface area (Å²) >= 11 is 0. The Hall–Kier alpha value is -0.900. The van der Waals surface area contributed by atoms with Gasteiger partial charge in [-0.15, -0.1) is 0 Å². The Labute approximate surface area is 347 Å². The zero-order valence-corrected chi connectivity index (χ0v) is 37.0. The summed E-state index contributed by atoms with van der Waals surface area (Å²) in [6.07, 6.45) is 29.0. The molecule has 0 aromatic heterocycles. The van der Waals surface area contributed by atoms with E-state index in [0.717, 1.165) is 38.5 Å². The largest absolute Gasteiger partial charge is 0.457 e. The van der Waals surface area contributed by atoms with Crippen molar-refractivity contribution in [1.29, 1.82) is 0 Å². The lowest BCUT2D eigenvalue weighted by Gasteiger charge is -2.41. The van der Waals surface area contributed by atoms with Gasteiger partial charge in [0, 0.05) is 13.0 Å². The highest BCUT2D eigenvalue weighted by molar-refractivity contribution is 7.80. The van der Waals surface area contributed by atoms with Crippen LogP contribution in [0.5, 0.6) is 0 Å². The molecule has 340 valence electrons. The molecule has 4 N–H and O–H groups in total. The van der Waals surface area contributed by atoms with Crippen molar-refractivity contribution in [2.24, 2.45) is 0 Å². The summed E-state index contributed by atoms with van der Waals surface area (Å²) in [6.45, 7) is 3.96. The summed E-state index contributed by atoms with van der Waals surface area (Å²) in [6, 6.07) is 0. The van der Waals surface area contributed by atoms with Gasteiger partial charge in [-0.05, 0) is 12.8 Å². The number of carbonyl (C=O) groups excluding carboxylic acids is 1. The number of ether oxygens (including phenoxy) is 4. The lowest BCUT2D eigenvalue weighted by atomic mass is 9.99.